The molecule has 3 unspecified atom stereocenters. The Kier molecular flexibility index (Phi) is 5.36. The summed E-state index contributed by atoms with van der Waals surface area (Å²) in [6, 6.07) is 6.93. The lowest BCUT2D eigenvalue weighted by atomic mass is 9.83. The van der Waals surface area contributed by atoms with Crippen LogP contribution in [0.2, 0.25) is 0 Å². The lowest BCUT2D eigenvalue weighted by molar-refractivity contribution is 0.110. The zero-order valence-electron chi connectivity index (χ0n) is 13.6. The van der Waals surface area contributed by atoms with E-state index in [9.17, 15) is 0 Å². The third-order valence-electron chi connectivity index (χ3n) is 5.64. The Hall–Kier alpha value is -0.380. The highest BCUT2D eigenvalue weighted by Crippen LogP contribution is 2.39. The Morgan fingerprint density at radius 1 is 1.33 bits per heavy atom. The predicted octanol–water partition coefficient (Wildman–Crippen LogP) is 3.92. The molecule has 2 nitrogen and oxygen atoms in total. The molecule has 0 saturated carbocycles. The van der Waals surface area contributed by atoms with Gasteiger partial charge in [0.05, 0.1) is 0 Å². The van der Waals surface area contributed by atoms with Crippen LogP contribution in [0.4, 0.5) is 0 Å². The van der Waals surface area contributed by atoms with Crippen LogP contribution in [0.3, 0.4) is 0 Å². The van der Waals surface area contributed by atoms with E-state index in [0.29, 0.717) is 0 Å². The largest absolute Gasteiger partial charge is 0.314 e. The Morgan fingerprint density at radius 2 is 2.10 bits per heavy atom. The number of nitrogens with zero attached hydrogens (tertiary/aromatic N) is 1. The molecule has 0 radical (unpaired) electrons. The van der Waals surface area contributed by atoms with Gasteiger partial charge in [0, 0.05) is 23.0 Å². The highest BCUT2D eigenvalue weighted by atomic mass is 32.1. The van der Waals surface area contributed by atoms with E-state index in [-0.39, 0.29) is 0 Å². The fraction of sp³-hybridized carbons (Fsp3) is 0.778. The standard InChI is InChI=1S/C18H30N2S/c1-3-10-19-18(9-8-17-5-4-11-21-17)14-12-15-6-7-16(13-14)20(15)2/h4-5,11,14-16,18-19H,3,6-10,12-13H2,1-2H3. The summed E-state index contributed by atoms with van der Waals surface area (Å²) < 4.78 is 0. The van der Waals surface area contributed by atoms with Crippen molar-refractivity contribution in [3.8, 4) is 0 Å². The van der Waals surface area contributed by atoms with E-state index in [1.165, 1.54) is 51.5 Å². The van der Waals surface area contributed by atoms with Crippen LogP contribution in [0.5, 0.6) is 0 Å². The van der Waals surface area contributed by atoms with E-state index < -0.39 is 0 Å². The van der Waals surface area contributed by atoms with Crippen LogP contribution in [0.25, 0.3) is 0 Å². The van der Waals surface area contributed by atoms with Crippen LogP contribution in [0.1, 0.15) is 50.3 Å². The monoisotopic (exact) mass is 306 g/mol. The number of thiophene rings is 1. The van der Waals surface area contributed by atoms with Crippen LogP contribution in [-0.2, 0) is 6.42 Å². The van der Waals surface area contributed by atoms with Crippen LogP contribution in [0, 0.1) is 5.92 Å². The Labute approximate surface area is 133 Å². The molecule has 3 heterocycles. The van der Waals surface area contributed by atoms with Crippen LogP contribution in [0.15, 0.2) is 17.5 Å². The molecule has 1 aromatic heterocycles. The first-order valence-electron chi connectivity index (χ1n) is 8.75. The number of nitrogens with one attached hydrogen (secondary N) is 1. The van der Waals surface area contributed by atoms with Crippen molar-refractivity contribution in [2.24, 2.45) is 5.92 Å². The normalized spacial score (nSPS) is 30.7. The lowest BCUT2D eigenvalue weighted by Gasteiger charge is -2.40. The Morgan fingerprint density at radius 3 is 2.71 bits per heavy atom. The summed E-state index contributed by atoms with van der Waals surface area (Å²) in [6.45, 7) is 3.46. The van der Waals surface area contributed by atoms with Crippen molar-refractivity contribution in [3.05, 3.63) is 22.4 Å². The molecule has 2 saturated heterocycles. The summed E-state index contributed by atoms with van der Waals surface area (Å²) in [4.78, 5) is 4.21. The molecule has 21 heavy (non-hydrogen) atoms. The van der Waals surface area contributed by atoms with Crippen molar-refractivity contribution < 1.29 is 0 Å². The van der Waals surface area contributed by atoms with Gasteiger partial charge in [-0.1, -0.05) is 13.0 Å². The van der Waals surface area contributed by atoms with Gasteiger partial charge >= 0.3 is 0 Å². The quantitative estimate of drug-likeness (QED) is 0.821. The van der Waals surface area contributed by atoms with Crippen molar-refractivity contribution in [2.45, 2.75) is 70.0 Å². The van der Waals surface area contributed by atoms with E-state index in [1.54, 1.807) is 4.88 Å². The van der Waals surface area contributed by atoms with E-state index in [1.807, 2.05) is 11.3 Å². The van der Waals surface area contributed by atoms with Crippen LogP contribution >= 0.6 is 11.3 Å². The zero-order chi connectivity index (χ0) is 14.7. The smallest absolute Gasteiger partial charge is 0.00999 e. The minimum absolute atomic E-state index is 0.726. The zero-order valence-corrected chi connectivity index (χ0v) is 14.4. The highest BCUT2D eigenvalue weighted by molar-refractivity contribution is 7.09. The lowest BCUT2D eigenvalue weighted by Crippen LogP contribution is -2.47. The van der Waals surface area contributed by atoms with Crippen molar-refractivity contribution in [2.75, 3.05) is 13.6 Å². The van der Waals surface area contributed by atoms with Gasteiger partial charge in [0.2, 0.25) is 0 Å². The molecule has 2 aliphatic heterocycles. The topological polar surface area (TPSA) is 15.3 Å². The third-order valence-corrected chi connectivity index (χ3v) is 6.58. The van der Waals surface area contributed by atoms with Crippen molar-refractivity contribution >= 4 is 11.3 Å². The number of hydrogen-bond donors (Lipinski definition) is 1. The van der Waals surface area contributed by atoms with Crippen molar-refractivity contribution in [1.82, 2.24) is 10.2 Å². The van der Waals surface area contributed by atoms with Crippen LogP contribution < -0.4 is 5.32 Å². The molecule has 0 aliphatic carbocycles. The summed E-state index contributed by atoms with van der Waals surface area (Å²) in [5, 5.41) is 6.08. The van der Waals surface area contributed by atoms with Gasteiger partial charge in [0.15, 0.2) is 0 Å². The molecule has 2 bridgehead atoms. The number of fused-ring (bicyclic) bond motifs is 2. The summed E-state index contributed by atoms with van der Waals surface area (Å²) in [7, 11) is 2.35. The molecule has 1 aromatic rings. The van der Waals surface area contributed by atoms with E-state index in [2.05, 4.69) is 41.7 Å². The number of rotatable bonds is 7. The highest BCUT2D eigenvalue weighted by Gasteiger charge is 2.40. The molecule has 3 rings (SSSR count). The molecule has 2 aliphatic rings. The van der Waals surface area contributed by atoms with Gasteiger partial charge in [0.25, 0.3) is 0 Å². The van der Waals surface area contributed by atoms with Gasteiger partial charge in [-0.3, -0.25) is 0 Å². The average Bonchev–Trinajstić information content (AvgIpc) is 3.05. The van der Waals surface area contributed by atoms with Gasteiger partial charge in [-0.2, -0.15) is 0 Å². The first-order chi connectivity index (χ1) is 10.3. The maximum absolute atomic E-state index is 3.87. The second-order valence-electron chi connectivity index (χ2n) is 6.96. The van der Waals surface area contributed by atoms with E-state index >= 15 is 0 Å². The second-order valence-corrected chi connectivity index (χ2v) is 7.99. The fourth-order valence-corrected chi connectivity index (χ4v) is 5.09. The molecule has 1 N–H and O–H groups in total. The summed E-state index contributed by atoms with van der Waals surface area (Å²) in [5.74, 6) is 0.894. The molecule has 3 heteroatoms. The van der Waals surface area contributed by atoms with Gasteiger partial charge in [0.1, 0.15) is 0 Å². The van der Waals surface area contributed by atoms with Crippen LogP contribution in [-0.4, -0.2) is 36.6 Å². The summed E-state index contributed by atoms with van der Waals surface area (Å²) >= 11 is 1.91. The van der Waals surface area contributed by atoms with Crippen molar-refractivity contribution in [1.29, 1.82) is 0 Å². The first-order valence-corrected chi connectivity index (χ1v) is 9.63. The predicted molar refractivity (Wildman–Crippen MR) is 92.0 cm³/mol. The van der Waals surface area contributed by atoms with Gasteiger partial charge in [-0.25, -0.2) is 0 Å². The molecular formula is C18H30N2S. The molecular weight excluding hydrogens is 276 g/mol. The minimum atomic E-state index is 0.726. The van der Waals surface area contributed by atoms with E-state index in [0.717, 1.165) is 24.0 Å². The summed E-state index contributed by atoms with van der Waals surface area (Å²) in [6.07, 6.45) is 9.51. The maximum atomic E-state index is 3.87. The Balaban J connectivity index is 1.59. The second kappa shape index (κ2) is 7.26. The van der Waals surface area contributed by atoms with E-state index in [4.69, 9.17) is 0 Å². The molecule has 0 amide bonds. The van der Waals surface area contributed by atoms with Crippen molar-refractivity contribution in [3.63, 3.8) is 0 Å². The van der Waals surface area contributed by atoms with Gasteiger partial charge < -0.3 is 10.2 Å². The number of aryl methyl sites for hydroxylation is 1. The molecule has 0 spiro atoms. The minimum Gasteiger partial charge on any atom is -0.314 e. The Bertz CT molecular complexity index is 403. The first kappa shape index (κ1) is 15.5. The third kappa shape index (κ3) is 3.69. The van der Waals surface area contributed by atoms with Gasteiger partial charge in [-0.15, -0.1) is 11.3 Å². The molecule has 2 fully saturated rings. The fourth-order valence-electron chi connectivity index (χ4n) is 4.37. The average molecular weight is 307 g/mol. The number of hydrogen-bond acceptors (Lipinski definition) is 3. The SMILES string of the molecule is CCCNC(CCc1cccs1)C1CC2CCC(C1)N2C. The molecule has 3 atom stereocenters. The summed E-state index contributed by atoms with van der Waals surface area (Å²) in [5.41, 5.74) is 0. The molecule has 0 aromatic carbocycles. The van der Waals surface area contributed by atoms with Gasteiger partial charge in [-0.05, 0) is 75.9 Å². The molecule has 118 valence electrons. The maximum Gasteiger partial charge on any atom is 0.00999 e. The number of piperidine rings is 1.